The second-order valence-electron chi connectivity index (χ2n) is 6.12. The Balaban J connectivity index is 1.58. The van der Waals surface area contributed by atoms with Crippen molar-refractivity contribution in [2.45, 2.75) is 33.2 Å². The van der Waals surface area contributed by atoms with Crippen molar-refractivity contribution in [3.05, 3.63) is 64.4 Å². The SMILES string of the molecule is Cc1cc(C)nc(Nc2nc(CC(=O)NC(C)c3ccccc3)cs2)n1. The van der Waals surface area contributed by atoms with E-state index in [0.717, 1.165) is 22.6 Å². The highest BCUT2D eigenvalue weighted by Gasteiger charge is 2.12. The molecule has 134 valence electrons. The zero-order valence-corrected chi connectivity index (χ0v) is 15.8. The third-order valence-electron chi connectivity index (χ3n) is 3.77. The highest BCUT2D eigenvalue weighted by molar-refractivity contribution is 7.13. The van der Waals surface area contributed by atoms with Gasteiger partial charge in [0, 0.05) is 16.8 Å². The number of aromatic nitrogens is 3. The number of nitrogens with zero attached hydrogens (tertiary/aromatic N) is 3. The molecule has 6 nitrogen and oxygen atoms in total. The van der Waals surface area contributed by atoms with E-state index in [1.807, 2.05) is 62.5 Å². The van der Waals surface area contributed by atoms with E-state index >= 15 is 0 Å². The Hall–Kier alpha value is -2.80. The highest BCUT2D eigenvalue weighted by Crippen LogP contribution is 2.20. The van der Waals surface area contributed by atoms with Crippen LogP contribution in [0.3, 0.4) is 0 Å². The Labute approximate surface area is 156 Å². The van der Waals surface area contributed by atoms with E-state index in [4.69, 9.17) is 0 Å². The fraction of sp³-hybridized carbons (Fsp3) is 0.263. The van der Waals surface area contributed by atoms with Gasteiger partial charge in [-0.05, 0) is 32.4 Å². The van der Waals surface area contributed by atoms with Gasteiger partial charge in [0.05, 0.1) is 18.2 Å². The lowest BCUT2D eigenvalue weighted by Gasteiger charge is -2.13. The van der Waals surface area contributed by atoms with Crippen molar-refractivity contribution in [1.82, 2.24) is 20.3 Å². The van der Waals surface area contributed by atoms with Crippen LogP contribution in [0.25, 0.3) is 0 Å². The van der Waals surface area contributed by atoms with Crippen LogP contribution in [-0.4, -0.2) is 20.9 Å². The maximum Gasteiger partial charge on any atom is 0.229 e. The van der Waals surface area contributed by atoms with Crippen LogP contribution in [0.2, 0.25) is 0 Å². The number of aryl methyl sites for hydroxylation is 2. The molecule has 0 aliphatic heterocycles. The Morgan fingerprint density at radius 3 is 2.50 bits per heavy atom. The molecule has 1 atom stereocenters. The lowest BCUT2D eigenvalue weighted by molar-refractivity contribution is -0.121. The molecule has 1 unspecified atom stereocenters. The largest absolute Gasteiger partial charge is 0.349 e. The quantitative estimate of drug-likeness (QED) is 0.694. The molecule has 2 N–H and O–H groups in total. The molecule has 0 aliphatic carbocycles. The summed E-state index contributed by atoms with van der Waals surface area (Å²) < 4.78 is 0. The molecule has 7 heteroatoms. The number of anilines is 2. The van der Waals surface area contributed by atoms with Crippen molar-refractivity contribution >= 4 is 28.3 Å². The number of benzene rings is 1. The standard InChI is InChI=1S/C19H21N5OS/c1-12-9-13(2)21-18(20-12)24-19-23-16(11-26-19)10-17(25)22-14(3)15-7-5-4-6-8-15/h4-9,11,14H,10H2,1-3H3,(H,22,25)(H,20,21,23,24). The molecule has 1 amide bonds. The summed E-state index contributed by atoms with van der Waals surface area (Å²) in [6.45, 7) is 5.81. The monoisotopic (exact) mass is 367 g/mol. The van der Waals surface area contributed by atoms with Gasteiger partial charge < -0.3 is 10.6 Å². The Morgan fingerprint density at radius 1 is 1.12 bits per heavy atom. The van der Waals surface area contributed by atoms with E-state index in [1.54, 1.807) is 0 Å². The molecule has 0 radical (unpaired) electrons. The first-order valence-corrected chi connectivity index (χ1v) is 9.25. The molecule has 2 heterocycles. The molecule has 1 aromatic carbocycles. The normalized spacial score (nSPS) is 11.8. The molecular weight excluding hydrogens is 346 g/mol. The molecule has 3 aromatic rings. The first-order valence-electron chi connectivity index (χ1n) is 8.37. The van der Waals surface area contributed by atoms with Gasteiger partial charge in [-0.25, -0.2) is 15.0 Å². The summed E-state index contributed by atoms with van der Waals surface area (Å²) in [5.74, 6) is 0.464. The van der Waals surface area contributed by atoms with E-state index in [9.17, 15) is 4.79 Å². The van der Waals surface area contributed by atoms with Gasteiger partial charge >= 0.3 is 0 Å². The second kappa shape index (κ2) is 8.05. The predicted octanol–water partition coefficient (Wildman–Crippen LogP) is 3.71. The lowest BCUT2D eigenvalue weighted by atomic mass is 10.1. The molecule has 26 heavy (non-hydrogen) atoms. The van der Waals surface area contributed by atoms with Crippen molar-refractivity contribution in [1.29, 1.82) is 0 Å². The molecule has 0 bridgehead atoms. The van der Waals surface area contributed by atoms with E-state index in [1.165, 1.54) is 11.3 Å². The summed E-state index contributed by atoms with van der Waals surface area (Å²) in [5.41, 5.74) is 3.59. The number of amides is 1. The van der Waals surface area contributed by atoms with Gasteiger partial charge in [-0.3, -0.25) is 4.79 Å². The second-order valence-corrected chi connectivity index (χ2v) is 6.98. The van der Waals surface area contributed by atoms with Crippen LogP contribution in [0.15, 0.2) is 41.8 Å². The van der Waals surface area contributed by atoms with Crippen molar-refractivity contribution in [3.63, 3.8) is 0 Å². The van der Waals surface area contributed by atoms with Crippen molar-refractivity contribution in [2.24, 2.45) is 0 Å². The number of carbonyl (C=O) groups excluding carboxylic acids is 1. The maximum atomic E-state index is 12.3. The zero-order chi connectivity index (χ0) is 18.5. The van der Waals surface area contributed by atoms with Crippen LogP contribution < -0.4 is 10.6 Å². The van der Waals surface area contributed by atoms with E-state index < -0.39 is 0 Å². The first kappa shape index (κ1) is 18.0. The Bertz CT molecular complexity index is 874. The molecular formula is C19H21N5OS. The van der Waals surface area contributed by atoms with Gasteiger partial charge in [0.25, 0.3) is 0 Å². The van der Waals surface area contributed by atoms with Crippen LogP contribution >= 0.6 is 11.3 Å². The molecule has 0 saturated heterocycles. The van der Waals surface area contributed by atoms with Crippen molar-refractivity contribution in [2.75, 3.05) is 5.32 Å². The summed E-state index contributed by atoms with van der Waals surface area (Å²) in [5, 5.41) is 8.65. The van der Waals surface area contributed by atoms with Gasteiger partial charge in [0.1, 0.15) is 0 Å². The number of hydrogen-bond acceptors (Lipinski definition) is 6. The summed E-state index contributed by atoms with van der Waals surface area (Å²) >= 11 is 1.43. The van der Waals surface area contributed by atoms with Gasteiger partial charge in [0.15, 0.2) is 5.13 Å². The van der Waals surface area contributed by atoms with Crippen LogP contribution in [0.4, 0.5) is 11.1 Å². The average Bonchev–Trinajstić information content (AvgIpc) is 3.01. The number of rotatable bonds is 6. The number of carbonyl (C=O) groups is 1. The highest BCUT2D eigenvalue weighted by atomic mass is 32.1. The minimum atomic E-state index is -0.0548. The summed E-state index contributed by atoms with van der Waals surface area (Å²) in [4.78, 5) is 25.4. The lowest BCUT2D eigenvalue weighted by Crippen LogP contribution is -2.28. The fourth-order valence-corrected chi connectivity index (χ4v) is 3.31. The molecule has 0 aliphatic rings. The van der Waals surface area contributed by atoms with Gasteiger partial charge in [-0.1, -0.05) is 30.3 Å². The van der Waals surface area contributed by atoms with Crippen molar-refractivity contribution < 1.29 is 4.79 Å². The molecule has 2 aromatic heterocycles. The van der Waals surface area contributed by atoms with Gasteiger partial charge in [-0.15, -0.1) is 11.3 Å². The van der Waals surface area contributed by atoms with Crippen LogP contribution in [0, 0.1) is 13.8 Å². The molecule has 3 rings (SSSR count). The molecule has 0 saturated carbocycles. The first-order chi connectivity index (χ1) is 12.5. The minimum absolute atomic E-state index is 0.0383. The van der Waals surface area contributed by atoms with Crippen LogP contribution in [0.5, 0.6) is 0 Å². The average molecular weight is 367 g/mol. The van der Waals surface area contributed by atoms with Gasteiger partial charge in [-0.2, -0.15) is 0 Å². The number of hydrogen-bond donors (Lipinski definition) is 2. The number of nitrogens with one attached hydrogen (secondary N) is 2. The maximum absolute atomic E-state index is 12.3. The summed E-state index contributed by atoms with van der Waals surface area (Å²) in [6.07, 6.45) is 0.239. The molecule has 0 fully saturated rings. The smallest absolute Gasteiger partial charge is 0.229 e. The van der Waals surface area contributed by atoms with E-state index in [-0.39, 0.29) is 18.4 Å². The zero-order valence-electron chi connectivity index (χ0n) is 15.0. The van der Waals surface area contributed by atoms with Gasteiger partial charge in [0.2, 0.25) is 11.9 Å². The third kappa shape index (κ3) is 4.86. The summed E-state index contributed by atoms with van der Waals surface area (Å²) in [6, 6.07) is 11.8. The fourth-order valence-electron chi connectivity index (χ4n) is 2.61. The minimum Gasteiger partial charge on any atom is -0.349 e. The van der Waals surface area contributed by atoms with E-state index in [2.05, 4.69) is 25.6 Å². The molecule has 0 spiro atoms. The summed E-state index contributed by atoms with van der Waals surface area (Å²) in [7, 11) is 0. The van der Waals surface area contributed by atoms with Crippen molar-refractivity contribution in [3.8, 4) is 0 Å². The topological polar surface area (TPSA) is 79.8 Å². The van der Waals surface area contributed by atoms with Crippen LogP contribution in [-0.2, 0) is 11.2 Å². The third-order valence-corrected chi connectivity index (χ3v) is 4.58. The predicted molar refractivity (Wildman–Crippen MR) is 104 cm³/mol. The van der Waals surface area contributed by atoms with E-state index in [0.29, 0.717) is 11.1 Å². The van der Waals surface area contributed by atoms with Crippen LogP contribution in [0.1, 0.15) is 35.6 Å². The number of thiazole rings is 1. The Morgan fingerprint density at radius 2 is 1.81 bits per heavy atom. The Kier molecular flexibility index (Phi) is 5.58.